The minimum Gasteiger partial charge on any atom is -0.497 e. The number of rotatable bonds is 9. The van der Waals surface area contributed by atoms with E-state index in [1.165, 1.54) is 11.8 Å². The van der Waals surface area contributed by atoms with Crippen LogP contribution in [-0.4, -0.2) is 45.0 Å². The lowest BCUT2D eigenvalue weighted by Gasteiger charge is -2.21. The Bertz CT molecular complexity index is 1190. The van der Waals surface area contributed by atoms with Crippen molar-refractivity contribution < 1.29 is 13.9 Å². The maximum absolute atomic E-state index is 13.1. The maximum Gasteiger partial charge on any atom is 0.235 e. The van der Waals surface area contributed by atoms with Gasteiger partial charge in [0.2, 0.25) is 5.91 Å². The fourth-order valence-corrected chi connectivity index (χ4v) is 4.47. The minimum absolute atomic E-state index is 0.0272. The molecule has 4 aromatic rings. The third-order valence-electron chi connectivity index (χ3n) is 5.21. The van der Waals surface area contributed by atoms with E-state index < -0.39 is 0 Å². The second-order valence-electron chi connectivity index (χ2n) is 7.64. The van der Waals surface area contributed by atoms with Crippen molar-refractivity contribution in [3.63, 3.8) is 0 Å². The molecule has 0 fully saturated rings. The SMILES string of the molecule is COc1cccc(-c2nnc(S[C@@H](C)C(=O)N(C)Cc3ccccc3)n2Cc2ccco2)c1. The lowest BCUT2D eigenvalue weighted by molar-refractivity contribution is -0.129. The number of benzene rings is 2. The molecule has 0 unspecified atom stereocenters. The van der Waals surface area contributed by atoms with Gasteiger partial charge in [0.25, 0.3) is 0 Å². The number of ether oxygens (including phenoxy) is 1. The Balaban J connectivity index is 1.57. The van der Waals surface area contributed by atoms with Gasteiger partial charge in [-0.3, -0.25) is 9.36 Å². The van der Waals surface area contributed by atoms with E-state index >= 15 is 0 Å². The molecule has 8 heteroatoms. The van der Waals surface area contributed by atoms with Gasteiger partial charge in [-0.05, 0) is 36.8 Å². The summed E-state index contributed by atoms with van der Waals surface area (Å²) in [7, 11) is 3.45. The van der Waals surface area contributed by atoms with Crippen LogP contribution in [0.4, 0.5) is 0 Å². The molecule has 4 rings (SSSR count). The van der Waals surface area contributed by atoms with Gasteiger partial charge in [0, 0.05) is 19.2 Å². The van der Waals surface area contributed by atoms with Gasteiger partial charge in [0.15, 0.2) is 11.0 Å². The fourth-order valence-electron chi connectivity index (χ4n) is 3.51. The largest absolute Gasteiger partial charge is 0.497 e. The predicted molar refractivity (Wildman–Crippen MR) is 128 cm³/mol. The summed E-state index contributed by atoms with van der Waals surface area (Å²) in [6.45, 7) is 2.90. The van der Waals surface area contributed by atoms with Crippen LogP contribution in [-0.2, 0) is 17.9 Å². The standard InChI is InChI=1S/C25H26N4O3S/c1-18(24(30)28(2)16-19-9-5-4-6-10-19)33-25-27-26-23(20-11-7-12-21(15-20)31-3)29(25)17-22-13-8-14-32-22/h4-15,18H,16-17H2,1-3H3/t18-/m0/s1. The van der Waals surface area contributed by atoms with Gasteiger partial charge >= 0.3 is 0 Å². The number of aromatic nitrogens is 3. The zero-order chi connectivity index (χ0) is 23.2. The van der Waals surface area contributed by atoms with Crippen LogP contribution in [0.5, 0.6) is 5.75 Å². The first-order valence-electron chi connectivity index (χ1n) is 10.6. The van der Waals surface area contributed by atoms with Gasteiger partial charge < -0.3 is 14.1 Å². The van der Waals surface area contributed by atoms with E-state index in [4.69, 9.17) is 9.15 Å². The Labute approximate surface area is 197 Å². The van der Waals surface area contributed by atoms with Crippen molar-refractivity contribution in [1.82, 2.24) is 19.7 Å². The first kappa shape index (κ1) is 22.7. The molecule has 0 aliphatic carbocycles. The van der Waals surface area contributed by atoms with Crippen LogP contribution in [0.2, 0.25) is 0 Å². The van der Waals surface area contributed by atoms with Crippen LogP contribution in [0.3, 0.4) is 0 Å². The first-order valence-corrected chi connectivity index (χ1v) is 11.5. The maximum atomic E-state index is 13.1. The molecule has 1 atom stereocenters. The van der Waals surface area contributed by atoms with Gasteiger partial charge in [0.05, 0.1) is 25.2 Å². The Morgan fingerprint density at radius 2 is 1.94 bits per heavy atom. The van der Waals surface area contributed by atoms with Crippen molar-refractivity contribution in [3.05, 3.63) is 84.3 Å². The number of carbonyl (C=O) groups is 1. The van der Waals surface area contributed by atoms with E-state index in [0.29, 0.717) is 24.1 Å². The zero-order valence-electron chi connectivity index (χ0n) is 18.8. The average Bonchev–Trinajstić information content (AvgIpc) is 3.50. The van der Waals surface area contributed by atoms with Gasteiger partial charge in [-0.25, -0.2) is 0 Å². The molecule has 0 spiro atoms. The molecule has 170 valence electrons. The normalized spacial score (nSPS) is 11.8. The van der Waals surface area contributed by atoms with Crippen LogP contribution < -0.4 is 4.74 Å². The van der Waals surface area contributed by atoms with Crippen LogP contribution in [0, 0.1) is 0 Å². The van der Waals surface area contributed by atoms with Crippen molar-refractivity contribution in [2.24, 2.45) is 0 Å². The zero-order valence-corrected chi connectivity index (χ0v) is 19.7. The number of methoxy groups -OCH3 is 1. The number of nitrogens with zero attached hydrogens (tertiary/aromatic N) is 4. The third kappa shape index (κ3) is 5.46. The number of furan rings is 1. The third-order valence-corrected chi connectivity index (χ3v) is 6.28. The number of hydrogen-bond acceptors (Lipinski definition) is 6. The summed E-state index contributed by atoms with van der Waals surface area (Å²) in [5.41, 5.74) is 1.97. The van der Waals surface area contributed by atoms with Crippen molar-refractivity contribution >= 4 is 17.7 Å². The molecule has 2 heterocycles. The molecule has 33 heavy (non-hydrogen) atoms. The van der Waals surface area contributed by atoms with Crippen molar-refractivity contribution in [3.8, 4) is 17.1 Å². The first-order chi connectivity index (χ1) is 16.0. The van der Waals surface area contributed by atoms with E-state index in [1.807, 2.05) is 85.3 Å². The topological polar surface area (TPSA) is 73.4 Å². The average molecular weight is 463 g/mol. The highest BCUT2D eigenvalue weighted by Crippen LogP contribution is 2.30. The van der Waals surface area contributed by atoms with E-state index in [0.717, 1.165) is 22.6 Å². The van der Waals surface area contributed by atoms with Crippen LogP contribution in [0.25, 0.3) is 11.4 Å². The fraction of sp³-hybridized carbons (Fsp3) is 0.240. The van der Waals surface area contributed by atoms with E-state index in [9.17, 15) is 4.79 Å². The Hall–Kier alpha value is -3.52. The number of amides is 1. The molecule has 2 aromatic carbocycles. The summed E-state index contributed by atoms with van der Waals surface area (Å²) >= 11 is 1.39. The van der Waals surface area contributed by atoms with Gasteiger partial charge in [0.1, 0.15) is 11.5 Å². The number of thioether (sulfide) groups is 1. The lowest BCUT2D eigenvalue weighted by Crippen LogP contribution is -2.33. The minimum atomic E-state index is -0.337. The van der Waals surface area contributed by atoms with Crippen LogP contribution in [0.15, 0.2) is 82.6 Å². The Morgan fingerprint density at radius 1 is 1.12 bits per heavy atom. The molecular formula is C25H26N4O3S. The molecule has 7 nitrogen and oxygen atoms in total. The summed E-state index contributed by atoms with van der Waals surface area (Å²) in [6, 6.07) is 21.4. The second-order valence-corrected chi connectivity index (χ2v) is 8.95. The molecule has 2 aromatic heterocycles. The molecule has 0 N–H and O–H groups in total. The molecule has 0 radical (unpaired) electrons. The van der Waals surface area contributed by atoms with Crippen LogP contribution >= 0.6 is 11.8 Å². The van der Waals surface area contributed by atoms with Gasteiger partial charge in [-0.15, -0.1) is 10.2 Å². The summed E-state index contributed by atoms with van der Waals surface area (Å²) in [4.78, 5) is 14.8. The highest BCUT2D eigenvalue weighted by Gasteiger charge is 2.24. The smallest absolute Gasteiger partial charge is 0.235 e. The summed E-state index contributed by atoms with van der Waals surface area (Å²) in [5.74, 6) is 2.23. The summed E-state index contributed by atoms with van der Waals surface area (Å²) in [5, 5.41) is 9.17. The van der Waals surface area contributed by atoms with Crippen LogP contribution in [0.1, 0.15) is 18.2 Å². The highest BCUT2D eigenvalue weighted by atomic mass is 32.2. The van der Waals surface area contributed by atoms with Crippen molar-refractivity contribution in [1.29, 1.82) is 0 Å². The number of carbonyl (C=O) groups excluding carboxylic acids is 1. The van der Waals surface area contributed by atoms with E-state index in [2.05, 4.69) is 10.2 Å². The highest BCUT2D eigenvalue weighted by molar-refractivity contribution is 8.00. The lowest BCUT2D eigenvalue weighted by atomic mass is 10.2. The van der Waals surface area contributed by atoms with Gasteiger partial charge in [-0.1, -0.05) is 54.2 Å². The molecule has 0 saturated carbocycles. The molecule has 0 aliphatic heterocycles. The second kappa shape index (κ2) is 10.4. The predicted octanol–water partition coefficient (Wildman–Crippen LogP) is 4.73. The summed E-state index contributed by atoms with van der Waals surface area (Å²) < 4.78 is 12.9. The monoisotopic (exact) mass is 462 g/mol. The molecular weight excluding hydrogens is 436 g/mol. The van der Waals surface area contributed by atoms with E-state index in [1.54, 1.807) is 18.3 Å². The molecule has 0 saturated heterocycles. The Morgan fingerprint density at radius 3 is 2.67 bits per heavy atom. The summed E-state index contributed by atoms with van der Waals surface area (Å²) in [6.07, 6.45) is 1.64. The Kier molecular flexibility index (Phi) is 7.14. The molecule has 1 amide bonds. The van der Waals surface area contributed by atoms with Gasteiger partial charge in [-0.2, -0.15) is 0 Å². The van der Waals surface area contributed by atoms with Crippen molar-refractivity contribution in [2.45, 2.75) is 30.4 Å². The quantitative estimate of drug-likeness (QED) is 0.335. The molecule has 0 bridgehead atoms. The molecule has 0 aliphatic rings. The van der Waals surface area contributed by atoms with Crippen molar-refractivity contribution in [2.75, 3.05) is 14.2 Å². The number of hydrogen-bond donors (Lipinski definition) is 0. The van der Waals surface area contributed by atoms with E-state index in [-0.39, 0.29) is 11.2 Å².